The molecule has 0 aromatic rings. The molecule has 0 radical (unpaired) electrons. The van der Waals surface area contributed by atoms with E-state index in [4.69, 9.17) is 10.2 Å². The Morgan fingerprint density at radius 2 is 1.44 bits per heavy atom. The van der Waals surface area contributed by atoms with E-state index in [1.165, 1.54) is 0 Å². The van der Waals surface area contributed by atoms with E-state index in [0.29, 0.717) is 0 Å². The van der Waals surface area contributed by atoms with Gasteiger partial charge < -0.3 is 10.2 Å². The van der Waals surface area contributed by atoms with Gasteiger partial charge in [0.15, 0.2) is 0 Å². The fourth-order valence-electron chi connectivity index (χ4n) is 0.0896. The Morgan fingerprint density at radius 3 is 1.44 bits per heavy atom. The zero-order valence-corrected chi connectivity index (χ0v) is 4.11. The SMILES string of the molecule is OCC(O)(F)C(F)(F)F. The van der Waals surface area contributed by atoms with Crippen LogP contribution in [0.4, 0.5) is 17.6 Å². The molecule has 0 fully saturated rings. The highest BCUT2D eigenvalue weighted by atomic mass is 19.4. The van der Waals surface area contributed by atoms with Gasteiger partial charge in [-0.1, -0.05) is 0 Å². The summed E-state index contributed by atoms with van der Waals surface area (Å²) in [5, 5.41) is 15.2. The highest BCUT2D eigenvalue weighted by molar-refractivity contribution is 4.72. The number of aliphatic hydroxyl groups is 2. The minimum atomic E-state index is -5.41. The largest absolute Gasteiger partial charge is 0.450 e. The second-order valence-corrected chi connectivity index (χ2v) is 1.42. The highest BCUT2D eigenvalue weighted by Gasteiger charge is 2.54. The lowest BCUT2D eigenvalue weighted by molar-refractivity contribution is -0.325. The standard InChI is InChI=1S/C3H4F4O2/c4-2(9,1-8)3(5,6)7/h8-9H,1H2. The van der Waals surface area contributed by atoms with Gasteiger partial charge >= 0.3 is 12.0 Å². The van der Waals surface area contributed by atoms with Gasteiger partial charge in [0.2, 0.25) is 0 Å². The lowest BCUT2D eigenvalue weighted by atomic mass is 10.3. The molecule has 0 bridgehead atoms. The van der Waals surface area contributed by atoms with Crippen LogP contribution in [0.3, 0.4) is 0 Å². The summed E-state index contributed by atoms with van der Waals surface area (Å²) in [5.41, 5.74) is 0. The molecule has 0 rings (SSSR count). The molecule has 0 heterocycles. The molecule has 0 aliphatic carbocycles. The minimum absolute atomic E-state index is 1.98. The Labute approximate surface area is 47.7 Å². The molecule has 1 atom stereocenters. The van der Waals surface area contributed by atoms with Crippen LogP contribution in [0.2, 0.25) is 0 Å². The molecule has 0 aliphatic heterocycles. The zero-order chi connectivity index (χ0) is 7.71. The van der Waals surface area contributed by atoms with Crippen molar-refractivity contribution in [3.63, 3.8) is 0 Å². The molecule has 0 amide bonds. The van der Waals surface area contributed by atoms with Crippen LogP contribution in [0.1, 0.15) is 0 Å². The summed E-state index contributed by atoms with van der Waals surface area (Å²) >= 11 is 0. The summed E-state index contributed by atoms with van der Waals surface area (Å²) in [7, 11) is 0. The number of hydrogen-bond donors (Lipinski definition) is 2. The number of halogens is 4. The van der Waals surface area contributed by atoms with E-state index >= 15 is 0 Å². The first-order valence-electron chi connectivity index (χ1n) is 1.90. The molecule has 0 spiro atoms. The molecule has 56 valence electrons. The van der Waals surface area contributed by atoms with Crippen molar-refractivity contribution in [1.82, 2.24) is 0 Å². The predicted molar refractivity (Wildman–Crippen MR) is 19.2 cm³/mol. The average Bonchev–Trinajstić information content (AvgIpc) is 1.64. The van der Waals surface area contributed by atoms with Crippen LogP contribution in [0, 0.1) is 0 Å². The second kappa shape index (κ2) is 2.11. The molecule has 9 heavy (non-hydrogen) atoms. The van der Waals surface area contributed by atoms with E-state index in [9.17, 15) is 17.6 Å². The van der Waals surface area contributed by atoms with Crippen molar-refractivity contribution in [3.8, 4) is 0 Å². The van der Waals surface area contributed by atoms with Gasteiger partial charge in [0.1, 0.15) is 6.61 Å². The van der Waals surface area contributed by atoms with E-state index in [1.54, 1.807) is 0 Å². The third-order valence-electron chi connectivity index (χ3n) is 0.644. The Balaban J connectivity index is 4.14. The van der Waals surface area contributed by atoms with Gasteiger partial charge in [-0.05, 0) is 0 Å². The zero-order valence-electron chi connectivity index (χ0n) is 4.11. The normalized spacial score (nSPS) is 19.3. The van der Waals surface area contributed by atoms with Crippen LogP contribution in [-0.2, 0) is 0 Å². The van der Waals surface area contributed by atoms with Crippen LogP contribution in [-0.4, -0.2) is 28.9 Å². The van der Waals surface area contributed by atoms with E-state index in [0.717, 1.165) is 0 Å². The van der Waals surface area contributed by atoms with E-state index in [-0.39, 0.29) is 0 Å². The van der Waals surface area contributed by atoms with Crippen LogP contribution >= 0.6 is 0 Å². The summed E-state index contributed by atoms with van der Waals surface area (Å²) in [6.07, 6.45) is -5.41. The Kier molecular flexibility index (Phi) is 2.02. The first-order chi connectivity index (χ1) is 3.81. The minimum Gasteiger partial charge on any atom is -0.390 e. The molecular weight excluding hydrogens is 144 g/mol. The summed E-state index contributed by atoms with van der Waals surface area (Å²) in [5.74, 6) is -4.47. The molecule has 0 aromatic carbocycles. The first-order valence-corrected chi connectivity index (χ1v) is 1.90. The predicted octanol–water partition coefficient (Wildman–Crippen LogP) is 0.199. The molecule has 0 saturated carbocycles. The monoisotopic (exact) mass is 148 g/mol. The van der Waals surface area contributed by atoms with Gasteiger partial charge in [-0.15, -0.1) is 0 Å². The Hall–Kier alpha value is -0.360. The Bertz CT molecular complexity index is 96.5. The molecule has 0 aromatic heterocycles. The number of alkyl halides is 4. The maximum Gasteiger partial charge on any atom is 0.450 e. The summed E-state index contributed by atoms with van der Waals surface area (Å²) in [6.45, 7) is -1.98. The number of hydrogen-bond acceptors (Lipinski definition) is 2. The average molecular weight is 148 g/mol. The van der Waals surface area contributed by atoms with Gasteiger partial charge in [-0.2, -0.15) is 17.6 Å². The number of rotatable bonds is 1. The van der Waals surface area contributed by atoms with Crippen LogP contribution in [0.25, 0.3) is 0 Å². The fourth-order valence-corrected chi connectivity index (χ4v) is 0.0896. The van der Waals surface area contributed by atoms with Crippen molar-refractivity contribution < 1.29 is 27.8 Å². The van der Waals surface area contributed by atoms with E-state index < -0.39 is 18.6 Å². The van der Waals surface area contributed by atoms with Crippen molar-refractivity contribution in [1.29, 1.82) is 0 Å². The van der Waals surface area contributed by atoms with Crippen LogP contribution in [0.5, 0.6) is 0 Å². The van der Waals surface area contributed by atoms with Gasteiger partial charge in [-0.3, -0.25) is 0 Å². The van der Waals surface area contributed by atoms with E-state index in [2.05, 4.69) is 0 Å². The van der Waals surface area contributed by atoms with Crippen molar-refractivity contribution in [2.24, 2.45) is 0 Å². The van der Waals surface area contributed by atoms with E-state index in [1.807, 2.05) is 0 Å². The third-order valence-corrected chi connectivity index (χ3v) is 0.644. The highest BCUT2D eigenvalue weighted by Crippen LogP contribution is 2.30. The van der Waals surface area contributed by atoms with Gasteiger partial charge in [0.25, 0.3) is 0 Å². The quantitative estimate of drug-likeness (QED) is 0.521. The van der Waals surface area contributed by atoms with Gasteiger partial charge in [-0.25, -0.2) is 0 Å². The molecule has 1 unspecified atom stereocenters. The summed E-state index contributed by atoms with van der Waals surface area (Å²) in [4.78, 5) is 0. The molecular formula is C3H4F4O2. The van der Waals surface area contributed by atoms with Crippen molar-refractivity contribution in [2.75, 3.05) is 6.61 Å². The lowest BCUT2D eigenvalue weighted by Gasteiger charge is -2.18. The van der Waals surface area contributed by atoms with Crippen molar-refractivity contribution >= 4 is 0 Å². The smallest absolute Gasteiger partial charge is 0.390 e. The summed E-state index contributed by atoms with van der Waals surface area (Å²) < 4.78 is 44.7. The number of aliphatic hydroxyl groups excluding tert-OH is 1. The summed E-state index contributed by atoms with van der Waals surface area (Å²) in [6, 6.07) is 0. The first kappa shape index (κ1) is 8.64. The molecule has 6 heteroatoms. The maximum absolute atomic E-state index is 11.5. The lowest BCUT2D eigenvalue weighted by Crippen LogP contribution is -2.43. The third kappa shape index (κ3) is 1.79. The fraction of sp³-hybridized carbons (Fsp3) is 1.00. The maximum atomic E-state index is 11.5. The van der Waals surface area contributed by atoms with Crippen molar-refractivity contribution in [2.45, 2.75) is 12.0 Å². The molecule has 2 N–H and O–H groups in total. The van der Waals surface area contributed by atoms with Crippen LogP contribution in [0.15, 0.2) is 0 Å². The molecule has 0 saturated heterocycles. The molecule has 2 nitrogen and oxygen atoms in total. The Morgan fingerprint density at radius 1 is 1.11 bits per heavy atom. The van der Waals surface area contributed by atoms with Crippen LogP contribution < -0.4 is 0 Å². The molecule has 0 aliphatic rings. The van der Waals surface area contributed by atoms with Crippen molar-refractivity contribution in [3.05, 3.63) is 0 Å². The van der Waals surface area contributed by atoms with Gasteiger partial charge in [0.05, 0.1) is 0 Å². The second-order valence-electron chi connectivity index (χ2n) is 1.42. The van der Waals surface area contributed by atoms with Gasteiger partial charge in [0, 0.05) is 0 Å². The topological polar surface area (TPSA) is 40.5 Å².